The molecule has 9 heteroatoms. The Balaban J connectivity index is 1.21. The molecule has 1 aromatic heterocycles. The minimum Gasteiger partial charge on any atom is -0.508 e. The first-order chi connectivity index (χ1) is 23.7. The van der Waals surface area contributed by atoms with E-state index in [1.165, 1.54) is 16.5 Å². The molecule has 4 atom stereocenters. The Hall–Kier alpha value is -3.82. The number of imide groups is 1. The third-order valence-corrected chi connectivity index (χ3v) is 10.9. The molecule has 2 saturated heterocycles. The smallest absolute Gasteiger partial charge is 0.234 e. The molecule has 1 aliphatic carbocycles. The number of fused-ring (bicyclic) bond motifs is 1. The molecular formula is C40H46ClN3O5. The second-order valence-electron chi connectivity index (χ2n) is 13.9. The van der Waals surface area contributed by atoms with Crippen LogP contribution >= 0.6 is 11.6 Å². The molecule has 8 nitrogen and oxygen atoms in total. The second-order valence-corrected chi connectivity index (χ2v) is 14.4. The number of phenolic OH excluding ortho intramolecular Hbond substituents is 1. The van der Waals surface area contributed by atoms with Crippen molar-refractivity contribution in [2.75, 3.05) is 19.7 Å². The summed E-state index contributed by atoms with van der Waals surface area (Å²) in [5.41, 5.74) is 5.20. The van der Waals surface area contributed by atoms with Crippen molar-refractivity contribution in [3.8, 4) is 5.75 Å². The number of aliphatic hydroxyl groups is 2. The van der Waals surface area contributed by atoms with Crippen molar-refractivity contribution >= 4 is 35.1 Å². The number of pyridine rings is 1. The summed E-state index contributed by atoms with van der Waals surface area (Å²) in [5.74, 6) is -2.09. The molecule has 258 valence electrons. The van der Waals surface area contributed by atoms with Crippen molar-refractivity contribution in [1.29, 1.82) is 0 Å². The van der Waals surface area contributed by atoms with E-state index in [4.69, 9.17) is 11.6 Å². The lowest BCUT2D eigenvalue weighted by Gasteiger charge is -2.38. The first-order valence-corrected chi connectivity index (χ1v) is 17.8. The van der Waals surface area contributed by atoms with Crippen LogP contribution in [0.1, 0.15) is 62.8 Å². The minimum atomic E-state index is -0.934. The van der Waals surface area contributed by atoms with Crippen molar-refractivity contribution in [1.82, 2.24) is 14.8 Å². The summed E-state index contributed by atoms with van der Waals surface area (Å²) in [6.45, 7) is 6.22. The minimum absolute atomic E-state index is 0.0273. The van der Waals surface area contributed by atoms with Crippen molar-refractivity contribution in [3.63, 3.8) is 0 Å². The molecule has 2 amide bonds. The van der Waals surface area contributed by atoms with Gasteiger partial charge in [0.2, 0.25) is 11.8 Å². The van der Waals surface area contributed by atoms with Gasteiger partial charge in [0, 0.05) is 37.8 Å². The highest BCUT2D eigenvalue weighted by Gasteiger charge is 2.56. The van der Waals surface area contributed by atoms with Gasteiger partial charge in [0.25, 0.3) is 0 Å². The summed E-state index contributed by atoms with van der Waals surface area (Å²) in [6.07, 6.45) is 5.31. The Morgan fingerprint density at radius 1 is 1.02 bits per heavy atom. The topological polar surface area (TPSA) is 114 Å². The van der Waals surface area contributed by atoms with Gasteiger partial charge in [0.1, 0.15) is 5.75 Å². The number of carbonyl (C=O) groups excluding carboxylic acids is 2. The zero-order chi connectivity index (χ0) is 34.7. The predicted molar refractivity (Wildman–Crippen MR) is 191 cm³/mol. The summed E-state index contributed by atoms with van der Waals surface area (Å²) in [4.78, 5) is 36.6. The third-order valence-electron chi connectivity index (χ3n) is 10.6. The number of likely N-dealkylation sites (tertiary alicyclic amines) is 2. The number of rotatable bonds is 11. The number of nitrogens with zero attached hydrogens (tertiary/aromatic N) is 3. The number of aliphatic hydroxyl groups excluding tert-OH is 2. The fourth-order valence-corrected chi connectivity index (χ4v) is 8.33. The number of carbonyl (C=O) groups is 2. The lowest BCUT2D eigenvalue weighted by Crippen LogP contribution is -2.47. The first kappa shape index (κ1) is 35.0. The van der Waals surface area contributed by atoms with Crippen LogP contribution in [0.5, 0.6) is 5.75 Å². The number of hydrogen-bond acceptors (Lipinski definition) is 7. The number of piperidine rings is 1. The Bertz CT molecular complexity index is 1700. The first-order valence-electron chi connectivity index (χ1n) is 17.4. The van der Waals surface area contributed by atoms with Gasteiger partial charge in [-0.25, -0.2) is 0 Å². The molecule has 3 aromatic rings. The van der Waals surface area contributed by atoms with Crippen LogP contribution in [0.3, 0.4) is 0 Å². The molecule has 0 unspecified atom stereocenters. The zero-order valence-electron chi connectivity index (χ0n) is 28.2. The number of allylic oxidation sites excluding steroid dienone is 2. The number of phenols is 1. The summed E-state index contributed by atoms with van der Waals surface area (Å²) >= 11 is 6.45. The van der Waals surface area contributed by atoms with E-state index in [0.29, 0.717) is 35.4 Å². The van der Waals surface area contributed by atoms with Crippen LogP contribution in [0.15, 0.2) is 84.1 Å². The molecule has 3 N–H and O–H groups in total. The number of benzene rings is 2. The Labute approximate surface area is 293 Å². The molecule has 49 heavy (non-hydrogen) atoms. The van der Waals surface area contributed by atoms with Gasteiger partial charge in [0.05, 0.1) is 35.3 Å². The van der Waals surface area contributed by atoms with Crippen molar-refractivity contribution < 1.29 is 24.9 Å². The molecule has 0 saturated carbocycles. The van der Waals surface area contributed by atoms with Crippen LogP contribution < -0.4 is 0 Å². The largest absolute Gasteiger partial charge is 0.508 e. The Kier molecular flexibility index (Phi) is 11.0. The van der Waals surface area contributed by atoms with E-state index >= 15 is 0 Å². The highest BCUT2D eigenvalue weighted by Crippen LogP contribution is 2.49. The van der Waals surface area contributed by atoms with Gasteiger partial charge in [-0.1, -0.05) is 67.4 Å². The highest BCUT2D eigenvalue weighted by atomic mass is 35.5. The lowest BCUT2D eigenvalue weighted by molar-refractivity contribution is -0.144. The molecule has 3 aliphatic rings. The van der Waals surface area contributed by atoms with Crippen molar-refractivity contribution in [2.24, 2.45) is 23.7 Å². The summed E-state index contributed by atoms with van der Waals surface area (Å²) < 4.78 is 0. The van der Waals surface area contributed by atoms with Crippen molar-refractivity contribution in [3.05, 3.63) is 106 Å². The van der Waals surface area contributed by atoms with Gasteiger partial charge < -0.3 is 15.3 Å². The van der Waals surface area contributed by atoms with Gasteiger partial charge in [-0.05, 0) is 96.7 Å². The van der Waals surface area contributed by atoms with E-state index in [1.807, 2.05) is 56.3 Å². The van der Waals surface area contributed by atoms with Gasteiger partial charge >= 0.3 is 0 Å². The van der Waals surface area contributed by atoms with Crippen LogP contribution in [0.25, 0.3) is 11.6 Å². The molecule has 0 spiro atoms. The van der Waals surface area contributed by atoms with E-state index in [-0.39, 0.29) is 36.1 Å². The summed E-state index contributed by atoms with van der Waals surface area (Å²) in [7, 11) is 0. The number of amides is 2. The number of aromatic nitrogens is 1. The molecule has 2 aliphatic heterocycles. The SMILES string of the molecule is CC(C)C1=C([C@H](O)CC/C(=C/c2ccc(O)cc2Cl)c2ccccn2)[C@H](CO)[C@@H]2C(=O)N(C3CCN(Cc4ccccc4)CC3)C(=O)[C@@H]2C1. The maximum absolute atomic E-state index is 14.2. The van der Waals surface area contributed by atoms with Gasteiger partial charge in [-0.2, -0.15) is 0 Å². The Morgan fingerprint density at radius 2 is 1.76 bits per heavy atom. The van der Waals surface area contributed by atoms with E-state index in [1.54, 1.807) is 18.3 Å². The van der Waals surface area contributed by atoms with Gasteiger partial charge in [0.15, 0.2) is 0 Å². The molecule has 2 aromatic carbocycles. The van der Waals surface area contributed by atoms with Crippen LogP contribution in [0, 0.1) is 23.7 Å². The summed E-state index contributed by atoms with van der Waals surface area (Å²) in [6, 6.07) is 20.6. The molecule has 0 radical (unpaired) electrons. The number of aromatic hydroxyl groups is 1. The highest BCUT2D eigenvalue weighted by molar-refractivity contribution is 6.32. The van der Waals surface area contributed by atoms with E-state index in [2.05, 4.69) is 22.0 Å². The monoisotopic (exact) mass is 683 g/mol. The fraction of sp³-hybridized carbons (Fsp3) is 0.425. The maximum Gasteiger partial charge on any atom is 0.234 e. The quantitative estimate of drug-likeness (QED) is 0.159. The van der Waals surface area contributed by atoms with Crippen LogP contribution in [-0.4, -0.2) is 73.8 Å². The molecule has 3 heterocycles. The summed E-state index contributed by atoms with van der Waals surface area (Å²) in [5, 5.41) is 33.0. The standard InChI is InChI=1S/C40H46ClN3O5/c1-25(2)31-22-32-38(40(49)44(39(32)48)29-15-18-43(19-16-29)23-26-8-4-3-5-9-26)33(24-45)37(31)36(47)14-12-28(35-10-6-7-17-42-35)20-27-11-13-30(46)21-34(27)41/h3-11,13,17,20-21,25,29,32-33,36,38,45-47H,12,14-16,18-19,22-24H2,1-2H3/b28-20-/t32-,33+,36-,38-/m1/s1. The normalized spacial score (nSPS) is 23.0. The van der Waals surface area contributed by atoms with Gasteiger partial charge in [-0.3, -0.25) is 24.4 Å². The predicted octanol–water partition coefficient (Wildman–Crippen LogP) is 6.35. The Morgan fingerprint density at radius 3 is 2.41 bits per heavy atom. The zero-order valence-corrected chi connectivity index (χ0v) is 29.0. The lowest BCUT2D eigenvalue weighted by atomic mass is 9.66. The van der Waals surface area contributed by atoms with Gasteiger partial charge in [-0.15, -0.1) is 0 Å². The second kappa shape index (κ2) is 15.4. The van der Waals surface area contributed by atoms with E-state index in [0.717, 1.165) is 49.3 Å². The average molecular weight is 684 g/mol. The third kappa shape index (κ3) is 7.53. The molecule has 6 rings (SSSR count). The fourth-order valence-electron chi connectivity index (χ4n) is 8.10. The van der Waals surface area contributed by atoms with Crippen molar-refractivity contribution in [2.45, 2.75) is 64.6 Å². The van der Waals surface area contributed by atoms with E-state index < -0.39 is 23.9 Å². The number of hydrogen-bond donors (Lipinski definition) is 3. The molecule has 0 bridgehead atoms. The van der Waals surface area contributed by atoms with E-state index in [9.17, 15) is 24.9 Å². The van der Waals surface area contributed by atoms with Crippen LogP contribution in [-0.2, 0) is 16.1 Å². The molecular weight excluding hydrogens is 638 g/mol. The molecule has 2 fully saturated rings. The number of halogens is 1. The maximum atomic E-state index is 14.2. The van der Waals surface area contributed by atoms with Crippen LogP contribution in [0.4, 0.5) is 0 Å². The van der Waals surface area contributed by atoms with Crippen LogP contribution in [0.2, 0.25) is 5.02 Å². The average Bonchev–Trinajstić information content (AvgIpc) is 3.36.